The van der Waals surface area contributed by atoms with E-state index in [2.05, 4.69) is 43.1 Å². The number of rotatable bonds is 4. The van der Waals surface area contributed by atoms with Crippen molar-refractivity contribution in [3.05, 3.63) is 35.7 Å². The van der Waals surface area contributed by atoms with Gasteiger partial charge in [0.15, 0.2) is 0 Å². The van der Waals surface area contributed by atoms with Crippen LogP contribution in [0.25, 0.3) is 11.5 Å². The summed E-state index contributed by atoms with van der Waals surface area (Å²) in [6, 6.07) is 8.27. The molecule has 102 valence electrons. The molecule has 2 aromatic rings. The van der Waals surface area contributed by atoms with Crippen LogP contribution in [0.2, 0.25) is 0 Å². The number of aryl methyl sites for hydroxylation is 1. The first-order valence-corrected chi connectivity index (χ1v) is 7.03. The average molecular weight is 279 g/mol. The summed E-state index contributed by atoms with van der Waals surface area (Å²) in [7, 11) is 0. The van der Waals surface area contributed by atoms with E-state index in [1.807, 2.05) is 12.1 Å². The van der Waals surface area contributed by atoms with E-state index in [0.29, 0.717) is 17.7 Å². The molecule has 0 saturated carbocycles. The van der Waals surface area contributed by atoms with Crippen molar-refractivity contribution in [2.45, 2.75) is 39.0 Å². The van der Waals surface area contributed by atoms with Gasteiger partial charge in [0.2, 0.25) is 11.8 Å². The Morgan fingerprint density at radius 3 is 2.37 bits per heavy atom. The van der Waals surface area contributed by atoms with Crippen LogP contribution in [-0.2, 0) is 11.8 Å². The fourth-order valence-electron chi connectivity index (χ4n) is 1.80. The highest BCUT2D eigenvalue weighted by atomic mass is 35.5. The van der Waals surface area contributed by atoms with Crippen LogP contribution in [0, 0.1) is 0 Å². The minimum Gasteiger partial charge on any atom is -0.421 e. The van der Waals surface area contributed by atoms with Crippen molar-refractivity contribution in [3.63, 3.8) is 0 Å². The van der Waals surface area contributed by atoms with E-state index in [1.54, 1.807) is 0 Å². The lowest BCUT2D eigenvalue weighted by molar-refractivity contribution is 0.502. The van der Waals surface area contributed by atoms with Gasteiger partial charge < -0.3 is 4.42 Å². The molecule has 0 atom stereocenters. The maximum atomic E-state index is 5.65. The van der Waals surface area contributed by atoms with Crippen LogP contribution >= 0.6 is 11.6 Å². The highest BCUT2D eigenvalue weighted by molar-refractivity contribution is 6.17. The molecule has 0 aliphatic heterocycles. The second-order valence-electron chi connectivity index (χ2n) is 5.62. The van der Waals surface area contributed by atoms with Gasteiger partial charge in [0.05, 0.1) is 0 Å². The Labute approximate surface area is 119 Å². The third-order valence-electron chi connectivity index (χ3n) is 2.99. The van der Waals surface area contributed by atoms with Gasteiger partial charge >= 0.3 is 0 Å². The lowest BCUT2D eigenvalue weighted by Crippen LogP contribution is -2.10. The van der Waals surface area contributed by atoms with Crippen molar-refractivity contribution in [1.29, 1.82) is 0 Å². The molecular formula is C15H19ClN2O. The van der Waals surface area contributed by atoms with Gasteiger partial charge in [-0.25, -0.2) is 0 Å². The molecule has 1 heterocycles. The first-order chi connectivity index (χ1) is 9.00. The number of benzene rings is 1. The second-order valence-corrected chi connectivity index (χ2v) is 6.00. The van der Waals surface area contributed by atoms with E-state index in [1.165, 1.54) is 5.56 Å². The number of nitrogens with zero attached hydrogens (tertiary/aromatic N) is 2. The zero-order chi connectivity index (χ0) is 13.9. The van der Waals surface area contributed by atoms with Gasteiger partial charge in [-0.3, -0.25) is 0 Å². The third kappa shape index (κ3) is 3.57. The molecule has 0 saturated heterocycles. The number of alkyl halides is 1. The molecule has 19 heavy (non-hydrogen) atoms. The van der Waals surface area contributed by atoms with Crippen LogP contribution in [-0.4, -0.2) is 16.1 Å². The molecular weight excluding hydrogens is 260 g/mol. The van der Waals surface area contributed by atoms with Crippen molar-refractivity contribution < 1.29 is 4.42 Å². The molecule has 1 aromatic carbocycles. The summed E-state index contributed by atoms with van der Waals surface area (Å²) >= 11 is 5.65. The Kier molecular flexibility index (Phi) is 4.25. The molecule has 0 radical (unpaired) electrons. The Morgan fingerprint density at radius 1 is 1.11 bits per heavy atom. The molecule has 0 aliphatic carbocycles. The lowest BCUT2D eigenvalue weighted by atomic mass is 9.87. The minimum atomic E-state index is 0.152. The molecule has 0 bridgehead atoms. The van der Waals surface area contributed by atoms with Crippen molar-refractivity contribution >= 4 is 11.6 Å². The molecule has 0 unspecified atom stereocenters. The molecule has 1 aromatic heterocycles. The highest BCUT2D eigenvalue weighted by Gasteiger charge is 2.14. The predicted molar refractivity (Wildman–Crippen MR) is 77.5 cm³/mol. The average Bonchev–Trinajstić information content (AvgIpc) is 2.84. The molecule has 0 amide bonds. The molecule has 2 rings (SSSR count). The van der Waals surface area contributed by atoms with Gasteiger partial charge in [0.1, 0.15) is 0 Å². The molecule has 0 aliphatic rings. The van der Waals surface area contributed by atoms with Gasteiger partial charge in [0, 0.05) is 17.9 Å². The summed E-state index contributed by atoms with van der Waals surface area (Å²) in [5.41, 5.74) is 2.40. The first kappa shape index (κ1) is 14.1. The molecule has 4 heteroatoms. The fraction of sp³-hybridized carbons (Fsp3) is 0.467. The summed E-state index contributed by atoms with van der Waals surface area (Å²) in [6.07, 6.45) is 1.59. The van der Waals surface area contributed by atoms with Gasteiger partial charge in [-0.15, -0.1) is 21.8 Å². The summed E-state index contributed by atoms with van der Waals surface area (Å²) < 4.78 is 5.62. The summed E-state index contributed by atoms with van der Waals surface area (Å²) in [6.45, 7) is 6.58. The normalized spacial score (nSPS) is 11.8. The van der Waals surface area contributed by atoms with Crippen molar-refractivity contribution in [2.24, 2.45) is 0 Å². The SMILES string of the molecule is CC(C)(C)c1ccc(-c2nnc(CCCCl)o2)cc1. The maximum absolute atomic E-state index is 5.65. The monoisotopic (exact) mass is 278 g/mol. The van der Waals surface area contributed by atoms with E-state index in [0.717, 1.165) is 18.4 Å². The van der Waals surface area contributed by atoms with Crippen molar-refractivity contribution in [2.75, 3.05) is 5.88 Å². The van der Waals surface area contributed by atoms with Crippen LogP contribution in [0.5, 0.6) is 0 Å². The minimum absolute atomic E-state index is 0.152. The Morgan fingerprint density at radius 2 is 1.79 bits per heavy atom. The van der Waals surface area contributed by atoms with E-state index in [9.17, 15) is 0 Å². The second kappa shape index (κ2) is 5.74. The molecule has 0 spiro atoms. The summed E-state index contributed by atoms with van der Waals surface area (Å²) in [5.74, 6) is 1.83. The predicted octanol–water partition coefficient (Wildman–Crippen LogP) is 4.21. The maximum Gasteiger partial charge on any atom is 0.247 e. The van der Waals surface area contributed by atoms with E-state index >= 15 is 0 Å². The smallest absolute Gasteiger partial charge is 0.247 e. The van der Waals surface area contributed by atoms with E-state index in [4.69, 9.17) is 16.0 Å². The van der Waals surface area contributed by atoms with Crippen LogP contribution in [0.15, 0.2) is 28.7 Å². The van der Waals surface area contributed by atoms with Crippen LogP contribution in [0.4, 0.5) is 0 Å². The van der Waals surface area contributed by atoms with Crippen LogP contribution < -0.4 is 0 Å². The molecule has 3 nitrogen and oxygen atoms in total. The van der Waals surface area contributed by atoms with E-state index in [-0.39, 0.29) is 5.41 Å². The number of hydrogen-bond donors (Lipinski definition) is 0. The van der Waals surface area contributed by atoms with Gasteiger partial charge in [0.25, 0.3) is 0 Å². The molecule has 0 fully saturated rings. The zero-order valence-electron chi connectivity index (χ0n) is 11.6. The van der Waals surface area contributed by atoms with E-state index < -0.39 is 0 Å². The Hall–Kier alpha value is -1.35. The van der Waals surface area contributed by atoms with Crippen LogP contribution in [0.1, 0.15) is 38.6 Å². The number of aromatic nitrogens is 2. The van der Waals surface area contributed by atoms with Gasteiger partial charge in [-0.2, -0.15) is 0 Å². The topological polar surface area (TPSA) is 38.9 Å². The number of halogens is 1. The Bertz CT molecular complexity index is 526. The standard InChI is InChI=1S/C15H19ClN2O/c1-15(2,3)12-8-6-11(7-9-12)14-18-17-13(19-14)5-4-10-16/h6-9H,4-5,10H2,1-3H3. The van der Waals surface area contributed by atoms with Gasteiger partial charge in [-0.1, -0.05) is 32.9 Å². The highest BCUT2D eigenvalue weighted by Crippen LogP contribution is 2.25. The number of hydrogen-bond acceptors (Lipinski definition) is 3. The lowest BCUT2D eigenvalue weighted by Gasteiger charge is -2.18. The fourth-order valence-corrected chi connectivity index (χ4v) is 1.94. The quantitative estimate of drug-likeness (QED) is 0.787. The van der Waals surface area contributed by atoms with Crippen molar-refractivity contribution in [1.82, 2.24) is 10.2 Å². The third-order valence-corrected chi connectivity index (χ3v) is 3.26. The summed E-state index contributed by atoms with van der Waals surface area (Å²) in [4.78, 5) is 0. The first-order valence-electron chi connectivity index (χ1n) is 6.50. The van der Waals surface area contributed by atoms with Crippen molar-refractivity contribution in [3.8, 4) is 11.5 Å². The molecule has 0 N–H and O–H groups in total. The summed E-state index contributed by atoms with van der Waals surface area (Å²) in [5, 5.41) is 8.10. The Balaban J connectivity index is 2.16. The van der Waals surface area contributed by atoms with Gasteiger partial charge in [-0.05, 0) is 29.5 Å². The van der Waals surface area contributed by atoms with Crippen LogP contribution in [0.3, 0.4) is 0 Å². The largest absolute Gasteiger partial charge is 0.421 e. The zero-order valence-corrected chi connectivity index (χ0v) is 12.4.